The van der Waals surface area contributed by atoms with Gasteiger partial charge in [-0.2, -0.15) is 0 Å². The van der Waals surface area contributed by atoms with Crippen molar-refractivity contribution in [3.63, 3.8) is 0 Å². The van der Waals surface area contributed by atoms with Crippen molar-refractivity contribution < 1.29 is 47.5 Å². The Hall–Kier alpha value is -2.96. The molecule has 2 aliphatic heterocycles. The third-order valence-corrected chi connectivity index (χ3v) is 7.70. The summed E-state index contributed by atoms with van der Waals surface area (Å²) in [5.41, 5.74) is 3.46. The molecule has 8 nitrogen and oxygen atoms in total. The van der Waals surface area contributed by atoms with Crippen LogP contribution in [-0.4, -0.2) is 73.2 Å². The van der Waals surface area contributed by atoms with Gasteiger partial charge in [-0.25, -0.2) is 14.6 Å². The van der Waals surface area contributed by atoms with E-state index in [9.17, 15) is 9.59 Å². The second kappa shape index (κ2) is 11.8. The lowest BCUT2D eigenvalue weighted by Crippen LogP contribution is -3.00. The number of ether oxygens (including phenoxy) is 2. The molecule has 2 aromatic carbocycles. The van der Waals surface area contributed by atoms with Crippen molar-refractivity contribution in [2.75, 3.05) is 45.3 Å². The standard InChI is InChI=1S/C28H31N4O4S.HI/c1-19-17-22-25(29-23-11-7-8-12-24(23)30-26(22)37-19)31-13-15-32(3,16-14-31)18-35-27(33)20(2)36-28(34)21-9-5-4-6-10-21;/h4-12,17,20,30H,13-16,18H2,1-3H3;1H/q+1;/p-1. The Morgan fingerprint density at radius 1 is 1.11 bits per heavy atom. The van der Waals surface area contributed by atoms with Gasteiger partial charge < -0.3 is 43.7 Å². The predicted octanol–water partition coefficient (Wildman–Crippen LogP) is 1.70. The number of esters is 2. The molecule has 1 fully saturated rings. The van der Waals surface area contributed by atoms with Crippen molar-refractivity contribution >= 4 is 45.5 Å². The first-order chi connectivity index (χ1) is 17.8. The van der Waals surface area contributed by atoms with Gasteiger partial charge in [-0.15, -0.1) is 11.3 Å². The average molecular weight is 647 g/mol. The number of nitrogens with zero attached hydrogens (tertiary/aromatic N) is 3. The highest BCUT2D eigenvalue weighted by Gasteiger charge is 2.34. The molecule has 0 spiro atoms. The molecule has 1 aromatic heterocycles. The van der Waals surface area contributed by atoms with E-state index in [1.54, 1.807) is 35.6 Å². The number of likely N-dealkylation sites (N-methyl/N-ethyl adjacent to an activating group) is 1. The number of carbonyl (C=O) groups is 2. The summed E-state index contributed by atoms with van der Waals surface area (Å²) in [6.45, 7) is 7.01. The Kier molecular flexibility index (Phi) is 8.74. The molecule has 0 radical (unpaired) electrons. The Morgan fingerprint density at radius 3 is 2.53 bits per heavy atom. The molecule has 5 rings (SSSR count). The van der Waals surface area contributed by atoms with Crippen molar-refractivity contribution in [2.45, 2.75) is 20.0 Å². The van der Waals surface area contributed by atoms with E-state index in [2.05, 4.69) is 36.3 Å². The van der Waals surface area contributed by atoms with E-state index >= 15 is 0 Å². The van der Waals surface area contributed by atoms with Gasteiger partial charge in [0.15, 0.2) is 6.10 Å². The number of anilines is 2. The number of hydrogen-bond acceptors (Lipinski definition) is 8. The molecular formula is C28H31IN4O4S. The minimum Gasteiger partial charge on any atom is -1.00 e. The highest BCUT2D eigenvalue weighted by molar-refractivity contribution is 7.16. The fourth-order valence-electron chi connectivity index (χ4n) is 4.46. The first kappa shape index (κ1) is 28.1. The molecule has 3 heterocycles. The number of hydrogen-bond donors (Lipinski definition) is 1. The summed E-state index contributed by atoms with van der Waals surface area (Å²) in [5.74, 6) is -0.107. The van der Waals surface area contributed by atoms with Crippen LogP contribution in [0.25, 0.3) is 0 Å². The molecular weight excluding hydrogens is 615 g/mol. The van der Waals surface area contributed by atoms with Crippen molar-refractivity contribution in [3.05, 3.63) is 76.7 Å². The summed E-state index contributed by atoms with van der Waals surface area (Å²) in [6.07, 6.45) is -0.978. The molecule has 2 aliphatic rings. The number of benzene rings is 2. The number of carbonyl (C=O) groups excluding carboxylic acids is 2. The van der Waals surface area contributed by atoms with Crippen LogP contribution >= 0.6 is 11.3 Å². The first-order valence-corrected chi connectivity index (χ1v) is 13.2. The molecule has 200 valence electrons. The van der Waals surface area contributed by atoms with Crippen LogP contribution in [0.1, 0.15) is 27.7 Å². The van der Waals surface area contributed by atoms with Gasteiger partial charge >= 0.3 is 11.9 Å². The van der Waals surface area contributed by atoms with Crippen LogP contribution in [0.3, 0.4) is 0 Å². The molecule has 1 atom stereocenters. The van der Waals surface area contributed by atoms with Crippen molar-refractivity contribution in [2.24, 2.45) is 4.99 Å². The first-order valence-electron chi connectivity index (χ1n) is 12.4. The summed E-state index contributed by atoms with van der Waals surface area (Å²) >= 11 is 1.74. The summed E-state index contributed by atoms with van der Waals surface area (Å²) in [5, 5.41) is 4.66. The zero-order chi connectivity index (χ0) is 26.0. The number of rotatable bonds is 5. The monoisotopic (exact) mass is 646 g/mol. The summed E-state index contributed by atoms with van der Waals surface area (Å²) in [6, 6.07) is 18.9. The average Bonchev–Trinajstić information content (AvgIpc) is 3.19. The van der Waals surface area contributed by atoms with Crippen LogP contribution in [0.2, 0.25) is 0 Å². The zero-order valence-corrected chi connectivity index (χ0v) is 24.6. The minimum absolute atomic E-state index is 0. The Morgan fingerprint density at radius 2 is 1.79 bits per heavy atom. The molecule has 0 saturated carbocycles. The van der Waals surface area contributed by atoms with Gasteiger partial charge in [0.05, 0.1) is 55.7 Å². The third kappa shape index (κ3) is 6.19. The second-order valence-electron chi connectivity index (χ2n) is 9.74. The van der Waals surface area contributed by atoms with Gasteiger partial charge in [-0.05, 0) is 44.2 Å². The summed E-state index contributed by atoms with van der Waals surface area (Å²) in [4.78, 5) is 33.4. The van der Waals surface area contributed by atoms with Crippen LogP contribution in [0.15, 0.2) is 65.7 Å². The van der Waals surface area contributed by atoms with Gasteiger partial charge in [0.25, 0.3) is 0 Å². The molecule has 0 aliphatic carbocycles. The van der Waals surface area contributed by atoms with Gasteiger partial charge in [-0.3, -0.25) is 4.48 Å². The largest absolute Gasteiger partial charge is 1.00 e. The number of nitrogens with one attached hydrogen (secondary N) is 1. The highest BCUT2D eigenvalue weighted by atomic mass is 127. The van der Waals surface area contributed by atoms with E-state index in [1.165, 1.54) is 11.8 Å². The highest BCUT2D eigenvalue weighted by Crippen LogP contribution is 2.39. The molecule has 0 bridgehead atoms. The quantitative estimate of drug-likeness (QED) is 0.259. The van der Waals surface area contributed by atoms with E-state index in [4.69, 9.17) is 14.5 Å². The smallest absolute Gasteiger partial charge is 0.351 e. The lowest BCUT2D eigenvalue weighted by Gasteiger charge is -2.42. The number of para-hydroxylation sites is 2. The fourth-order valence-corrected chi connectivity index (χ4v) is 5.38. The Labute approximate surface area is 243 Å². The van der Waals surface area contributed by atoms with Crippen LogP contribution in [0, 0.1) is 6.92 Å². The van der Waals surface area contributed by atoms with Crippen LogP contribution in [0.4, 0.5) is 16.4 Å². The Balaban J connectivity index is 0.00000336. The number of quaternary nitrogens is 1. The number of aliphatic imine (C=N–C) groups is 1. The SMILES string of the molecule is Cc1cc2c(s1)Nc1ccccc1N=C2N1CC[N+](C)(COC(=O)C(C)OC(=O)c2ccccc2)CC1.[I-]. The van der Waals surface area contributed by atoms with Crippen molar-refractivity contribution in [1.82, 2.24) is 4.90 Å². The maximum Gasteiger partial charge on any atom is 0.351 e. The molecule has 38 heavy (non-hydrogen) atoms. The maximum absolute atomic E-state index is 12.6. The third-order valence-electron chi connectivity index (χ3n) is 6.74. The van der Waals surface area contributed by atoms with Gasteiger partial charge in [0, 0.05) is 4.88 Å². The normalized spacial score (nSPS) is 16.4. The van der Waals surface area contributed by atoms with Crippen LogP contribution in [-0.2, 0) is 14.3 Å². The molecule has 10 heteroatoms. The molecule has 1 N–H and O–H groups in total. The minimum atomic E-state index is -0.978. The van der Waals surface area contributed by atoms with E-state index in [0.29, 0.717) is 10.0 Å². The van der Waals surface area contributed by atoms with Crippen molar-refractivity contribution in [3.8, 4) is 0 Å². The lowest BCUT2D eigenvalue weighted by molar-refractivity contribution is -0.929. The van der Waals surface area contributed by atoms with Crippen LogP contribution < -0.4 is 29.3 Å². The number of thiophene rings is 1. The van der Waals surface area contributed by atoms with Gasteiger partial charge in [0.1, 0.15) is 10.8 Å². The predicted molar refractivity (Wildman–Crippen MR) is 145 cm³/mol. The molecule has 0 amide bonds. The van der Waals surface area contributed by atoms with E-state index < -0.39 is 18.0 Å². The maximum atomic E-state index is 12.6. The number of piperazine rings is 1. The number of aryl methyl sites for hydroxylation is 1. The second-order valence-corrected chi connectivity index (χ2v) is 11.0. The topological polar surface area (TPSA) is 80.2 Å². The van der Waals surface area contributed by atoms with E-state index in [0.717, 1.165) is 54.0 Å². The van der Waals surface area contributed by atoms with E-state index in [-0.39, 0.29) is 30.7 Å². The van der Waals surface area contributed by atoms with Crippen molar-refractivity contribution in [1.29, 1.82) is 0 Å². The summed E-state index contributed by atoms with van der Waals surface area (Å²) < 4.78 is 11.5. The fraction of sp³-hybridized carbons (Fsp3) is 0.321. The molecule has 1 saturated heterocycles. The molecule has 1 unspecified atom stereocenters. The lowest BCUT2D eigenvalue weighted by atomic mass is 10.2. The number of fused-ring (bicyclic) bond motifs is 2. The molecule has 3 aromatic rings. The van der Waals surface area contributed by atoms with Gasteiger partial charge in [-0.1, -0.05) is 30.3 Å². The van der Waals surface area contributed by atoms with E-state index in [1.807, 2.05) is 24.3 Å². The van der Waals surface area contributed by atoms with Gasteiger partial charge in [0.2, 0.25) is 6.73 Å². The Bertz CT molecular complexity index is 1340. The number of amidine groups is 1. The summed E-state index contributed by atoms with van der Waals surface area (Å²) in [7, 11) is 2.08. The zero-order valence-electron chi connectivity index (χ0n) is 21.6. The van der Waals surface area contributed by atoms with Crippen LogP contribution in [0.5, 0.6) is 0 Å². The number of halogens is 1.